The van der Waals surface area contributed by atoms with Crippen LogP contribution in [0, 0.1) is 11.3 Å². The molecule has 1 amide bonds. The zero-order valence-corrected chi connectivity index (χ0v) is 15.8. The first-order valence-corrected chi connectivity index (χ1v) is 9.07. The number of ether oxygens (including phenoxy) is 1. The third-order valence-corrected chi connectivity index (χ3v) is 4.12. The Balaban J connectivity index is 2.29. The van der Waals surface area contributed by atoms with Crippen LogP contribution in [0.25, 0.3) is 0 Å². The van der Waals surface area contributed by atoms with Crippen molar-refractivity contribution in [3.05, 3.63) is 64.1 Å². The fourth-order valence-electron chi connectivity index (χ4n) is 2.42. The van der Waals surface area contributed by atoms with Crippen LogP contribution >= 0.6 is 15.9 Å². The van der Waals surface area contributed by atoms with Crippen LogP contribution < -0.4 is 4.74 Å². The highest BCUT2D eigenvalue weighted by Gasteiger charge is 2.20. The predicted octanol–water partition coefficient (Wildman–Crippen LogP) is 4.79. The molecule has 0 saturated heterocycles. The van der Waals surface area contributed by atoms with Gasteiger partial charge >= 0.3 is 0 Å². The van der Waals surface area contributed by atoms with Crippen molar-refractivity contribution in [3.8, 4) is 11.8 Å². The van der Waals surface area contributed by atoms with Crippen molar-refractivity contribution >= 4 is 21.8 Å². The number of nitriles is 1. The van der Waals surface area contributed by atoms with Gasteiger partial charge in [0, 0.05) is 17.6 Å². The Morgan fingerprint density at radius 3 is 2.68 bits per heavy atom. The van der Waals surface area contributed by atoms with Gasteiger partial charge in [0.05, 0.1) is 24.7 Å². The minimum absolute atomic E-state index is 0.133. The fourth-order valence-corrected chi connectivity index (χ4v) is 2.78. The number of benzene rings is 2. The number of carbonyl (C=O) groups is 1. The van der Waals surface area contributed by atoms with Crippen molar-refractivity contribution in [1.29, 1.82) is 5.26 Å². The molecule has 0 heterocycles. The molecule has 0 N–H and O–H groups in total. The average Bonchev–Trinajstić information content (AvgIpc) is 2.64. The monoisotopic (exact) mass is 400 g/mol. The fraction of sp³-hybridized carbons (Fsp3) is 0.300. The van der Waals surface area contributed by atoms with E-state index in [2.05, 4.69) is 22.0 Å². The standard InChI is InChI=1S/C20H21BrN2O2/c1-2-13-25-19-10-9-17(21)14-18(19)20(24)23(12-6-11-22)15-16-7-4-3-5-8-16/h3-5,7-10,14H,2,6,12-13,15H2,1H3. The molecule has 130 valence electrons. The molecule has 0 atom stereocenters. The number of nitrogens with zero attached hydrogens (tertiary/aromatic N) is 2. The molecular weight excluding hydrogens is 380 g/mol. The third kappa shape index (κ3) is 5.61. The molecule has 0 aliphatic carbocycles. The van der Waals surface area contributed by atoms with Gasteiger partial charge in [0.1, 0.15) is 5.75 Å². The molecule has 2 aromatic rings. The highest BCUT2D eigenvalue weighted by atomic mass is 79.9. The van der Waals surface area contributed by atoms with Crippen LogP contribution in [-0.4, -0.2) is 24.0 Å². The molecule has 25 heavy (non-hydrogen) atoms. The van der Waals surface area contributed by atoms with Gasteiger partial charge in [0.2, 0.25) is 0 Å². The molecule has 0 saturated carbocycles. The molecular formula is C20H21BrN2O2. The third-order valence-electron chi connectivity index (χ3n) is 3.63. The van der Waals surface area contributed by atoms with Crippen LogP contribution in [0.2, 0.25) is 0 Å². The van der Waals surface area contributed by atoms with E-state index in [1.54, 1.807) is 17.0 Å². The Morgan fingerprint density at radius 1 is 1.24 bits per heavy atom. The zero-order chi connectivity index (χ0) is 18.1. The summed E-state index contributed by atoms with van der Waals surface area (Å²) in [5.74, 6) is 0.441. The maximum absolute atomic E-state index is 13.1. The first-order chi connectivity index (χ1) is 12.2. The second-order valence-electron chi connectivity index (χ2n) is 5.61. The van der Waals surface area contributed by atoms with Crippen molar-refractivity contribution in [2.45, 2.75) is 26.3 Å². The van der Waals surface area contributed by atoms with Crippen molar-refractivity contribution in [3.63, 3.8) is 0 Å². The highest BCUT2D eigenvalue weighted by molar-refractivity contribution is 9.10. The van der Waals surface area contributed by atoms with E-state index in [1.165, 1.54) is 0 Å². The number of hydrogen-bond acceptors (Lipinski definition) is 3. The van der Waals surface area contributed by atoms with Gasteiger partial charge in [-0.3, -0.25) is 4.79 Å². The van der Waals surface area contributed by atoms with Gasteiger partial charge in [0.25, 0.3) is 5.91 Å². The average molecular weight is 401 g/mol. The SMILES string of the molecule is CCCOc1ccc(Br)cc1C(=O)N(CCC#N)Cc1ccccc1. The van der Waals surface area contributed by atoms with Gasteiger partial charge in [-0.2, -0.15) is 5.26 Å². The lowest BCUT2D eigenvalue weighted by atomic mass is 10.1. The summed E-state index contributed by atoms with van der Waals surface area (Å²) >= 11 is 3.42. The number of amides is 1. The van der Waals surface area contributed by atoms with E-state index in [4.69, 9.17) is 10.00 Å². The summed E-state index contributed by atoms with van der Waals surface area (Å²) in [6.07, 6.45) is 1.16. The lowest BCUT2D eigenvalue weighted by Gasteiger charge is -2.23. The quantitative estimate of drug-likeness (QED) is 0.639. The number of carbonyl (C=O) groups excluding carboxylic acids is 1. The van der Waals surface area contributed by atoms with Crippen molar-refractivity contribution < 1.29 is 9.53 Å². The summed E-state index contributed by atoms with van der Waals surface area (Å²) in [7, 11) is 0. The molecule has 0 fully saturated rings. The second-order valence-corrected chi connectivity index (χ2v) is 6.53. The minimum Gasteiger partial charge on any atom is -0.493 e. The first kappa shape index (κ1) is 19.0. The largest absolute Gasteiger partial charge is 0.493 e. The lowest BCUT2D eigenvalue weighted by molar-refractivity contribution is 0.0742. The first-order valence-electron chi connectivity index (χ1n) is 8.28. The molecule has 2 rings (SSSR count). The molecule has 0 radical (unpaired) electrons. The van der Waals surface area contributed by atoms with Crippen molar-refractivity contribution in [2.24, 2.45) is 0 Å². The molecule has 5 heteroatoms. The smallest absolute Gasteiger partial charge is 0.257 e. The van der Waals surface area contributed by atoms with Gasteiger partial charge in [-0.1, -0.05) is 53.2 Å². The number of halogens is 1. The molecule has 2 aromatic carbocycles. The molecule has 4 nitrogen and oxygen atoms in total. The maximum Gasteiger partial charge on any atom is 0.257 e. The summed E-state index contributed by atoms with van der Waals surface area (Å²) in [5, 5.41) is 8.93. The van der Waals surface area contributed by atoms with Crippen molar-refractivity contribution in [1.82, 2.24) is 4.90 Å². The maximum atomic E-state index is 13.1. The summed E-state index contributed by atoms with van der Waals surface area (Å²) in [6.45, 7) is 3.42. The summed E-state index contributed by atoms with van der Waals surface area (Å²) in [6, 6.07) is 17.3. The molecule has 0 aromatic heterocycles. The van der Waals surface area contributed by atoms with Crippen LogP contribution in [0.5, 0.6) is 5.75 Å². The summed E-state index contributed by atoms with van der Waals surface area (Å²) in [5.41, 5.74) is 1.54. The van der Waals surface area contributed by atoms with Crippen LogP contribution in [0.3, 0.4) is 0 Å². The van der Waals surface area contributed by atoms with E-state index >= 15 is 0 Å². The van der Waals surface area contributed by atoms with E-state index < -0.39 is 0 Å². The molecule has 0 aliphatic heterocycles. The Labute approximate surface area is 157 Å². The van der Waals surface area contributed by atoms with Gasteiger partial charge in [-0.25, -0.2) is 0 Å². The summed E-state index contributed by atoms with van der Waals surface area (Å²) < 4.78 is 6.55. The van der Waals surface area contributed by atoms with E-state index in [0.29, 0.717) is 31.0 Å². The predicted molar refractivity (Wildman–Crippen MR) is 101 cm³/mol. The minimum atomic E-state index is -0.133. The van der Waals surface area contributed by atoms with E-state index in [1.807, 2.05) is 43.3 Å². The van der Waals surface area contributed by atoms with E-state index in [-0.39, 0.29) is 12.3 Å². The lowest BCUT2D eigenvalue weighted by Crippen LogP contribution is -2.31. The normalized spacial score (nSPS) is 10.1. The zero-order valence-electron chi connectivity index (χ0n) is 14.2. The second kappa shape index (κ2) is 9.85. The van der Waals surface area contributed by atoms with Crippen LogP contribution in [0.15, 0.2) is 53.0 Å². The Hall–Kier alpha value is -2.32. The molecule has 0 aliphatic rings. The van der Waals surface area contributed by atoms with Gasteiger partial charge in [-0.15, -0.1) is 0 Å². The highest BCUT2D eigenvalue weighted by Crippen LogP contribution is 2.25. The molecule has 0 bridgehead atoms. The molecule has 0 unspecified atom stereocenters. The Morgan fingerprint density at radius 2 is 2.00 bits per heavy atom. The number of hydrogen-bond donors (Lipinski definition) is 0. The van der Waals surface area contributed by atoms with Crippen molar-refractivity contribution in [2.75, 3.05) is 13.2 Å². The van der Waals surface area contributed by atoms with E-state index in [9.17, 15) is 4.79 Å². The van der Waals surface area contributed by atoms with Gasteiger partial charge < -0.3 is 9.64 Å². The summed E-state index contributed by atoms with van der Waals surface area (Å²) in [4.78, 5) is 14.8. The Bertz CT molecular complexity index is 741. The van der Waals surface area contributed by atoms with Gasteiger partial charge in [0.15, 0.2) is 0 Å². The van der Waals surface area contributed by atoms with E-state index in [0.717, 1.165) is 16.5 Å². The van der Waals surface area contributed by atoms with Crippen LogP contribution in [0.4, 0.5) is 0 Å². The van der Waals surface area contributed by atoms with Gasteiger partial charge in [-0.05, 0) is 30.2 Å². The Kier molecular flexibility index (Phi) is 7.49. The van der Waals surface area contributed by atoms with Crippen LogP contribution in [0.1, 0.15) is 35.7 Å². The number of rotatable bonds is 8. The molecule has 0 spiro atoms. The topological polar surface area (TPSA) is 53.3 Å². The van der Waals surface area contributed by atoms with Crippen LogP contribution in [-0.2, 0) is 6.54 Å².